The standard InChI is InChI=1S/C26H26N4O3/c1-18-12-19(2)30(29-18)17-21-7-4-9-23(14-21)25(31)27-15-20-6-3-8-22(13-20)26(32)28-16-24-10-5-11-33-24/h3-14H,15-17H2,1-2H3,(H,27,31)(H,28,32). The van der Waals surface area contributed by atoms with Crippen molar-refractivity contribution in [3.8, 4) is 0 Å². The fraction of sp³-hybridized carbons (Fsp3) is 0.192. The summed E-state index contributed by atoms with van der Waals surface area (Å²) in [5.74, 6) is 0.321. The van der Waals surface area contributed by atoms with Gasteiger partial charge in [-0.15, -0.1) is 0 Å². The number of rotatable bonds is 8. The molecule has 0 saturated heterocycles. The lowest BCUT2D eigenvalue weighted by Crippen LogP contribution is -2.24. The molecule has 4 rings (SSSR count). The SMILES string of the molecule is Cc1cc(C)n(Cc2cccc(C(=O)NCc3cccc(C(=O)NCc4ccco4)c3)c2)n1. The van der Waals surface area contributed by atoms with Gasteiger partial charge in [0, 0.05) is 23.4 Å². The van der Waals surface area contributed by atoms with Crippen molar-refractivity contribution in [2.45, 2.75) is 33.5 Å². The Morgan fingerprint density at radius 2 is 1.52 bits per heavy atom. The Balaban J connectivity index is 1.35. The van der Waals surface area contributed by atoms with Crippen LogP contribution in [0.3, 0.4) is 0 Å². The van der Waals surface area contributed by atoms with E-state index in [0.717, 1.165) is 22.5 Å². The minimum absolute atomic E-state index is 0.169. The van der Waals surface area contributed by atoms with Gasteiger partial charge in [0.05, 0.1) is 25.0 Å². The number of furan rings is 1. The van der Waals surface area contributed by atoms with E-state index in [1.807, 2.05) is 48.9 Å². The molecule has 2 heterocycles. The molecule has 7 nitrogen and oxygen atoms in total. The van der Waals surface area contributed by atoms with Crippen molar-refractivity contribution in [3.05, 3.63) is 112 Å². The monoisotopic (exact) mass is 442 g/mol. The molecule has 4 aromatic rings. The maximum Gasteiger partial charge on any atom is 0.251 e. The normalized spacial score (nSPS) is 10.7. The highest BCUT2D eigenvalue weighted by Crippen LogP contribution is 2.11. The highest BCUT2D eigenvalue weighted by molar-refractivity contribution is 5.95. The maximum atomic E-state index is 12.7. The van der Waals surface area contributed by atoms with E-state index in [1.54, 1.807) is 42.7 Å². The molecule has 0 aliphatic heterocycles. The third-order valence-electron chi connectivity index (χ3n) is 5.27. The smallest absolute Gasteiger partial charge is 0.251 e. The van der Waals surface area contributed by atoms with E-state index in [1.165, 1.54) is 0 Å². The second-order valence-electron chi connectivity index (χ2n) is 7.93. The Morgan fingerprint density at radius 1 is 0.848 bits per heavy atom. The van der Waals surface area contributed by atoms with Crippen molar-refractivity contribution in [1.82, 2.24) is 20.4 Å². The highest BCUT2D eigenvalue weighted by atomic mass is 16.3. The molecule has 7 heteroatoms. The van der Waals surface area contributed by atoms with Crippen LogP contribution in [0.4, 0.5) is 0 Å². The van der Waals surface area contributed by atoms with Crippen molar-refractivity contribution < 1.29 is 14.0 Å². The molecule has 0 unspecified atom stereocenters. The molecule has 0 spiro atoms. The lowest BCUT2D eigenvalue weighted by molar-refractivity contribution is 0.0943. The van der Waals surface area contributed by atoms with E-state index < -0.39 is 0 Å². The quantitative estimate of drug-likeness (QED) is 0.432. The zero-order chi connectivity index (χ0) is 23.2. The van der Waals surface area contributed by atoms with Gasteiger partial charge in [0.25, 0.3) is 11.8 Å². The van der Waals surface area contributed by atoms with Crippen molar-refractivity contribution >= 4 is 11.8 Å². The Morgan fingerprint density at radius 3 is 2.15 bits per heavy atom. The summed E-state index contributed by atoms with van der Waals surface area (Å²) < 4.78 is 7.16. The van der Waals surface area contributed by atoms with Gasteiger partial charge >= 0.3 is 0 Å². The van der Waals surface area contributed by atoms with Crippen LogP contribution in [0.15, 0.2) is 77.4 Å². The molecule has 0 radical (unpaired) electrons. The van der Waals surface area contributed by atoms with Gasteiger partial charge in [-0.1, -0.05) is 24.3 Å². The molecule has 0 aliphatic carbocycles. The largest absolute Gasteiger partial charge is 0.467 e. The van der Waals surface area contributed by atoms with Crippen molar-refractivity contribution in [1.29, 1.82) is 0 Å². The van der Waals surface area contributed by atoms with Crippen molar-refractivity contribution in [3.63, 3.8) is 0 Å². The number of hydrogen-bond donors (Lipinski definition) is 2. The Bertz CT molecular complexity index is 1260. The fourth-order valence-corrected chi connectivity index (χ4v) is 3.61. The topological polar surface area (TPSA) is 89.2 Å². The number of benzene rings is 2. The lowest BCUT2D eigenvalue weighted by Gasteiger charge is -2.10. The molecule has 0 saturated carbocycles. The van der Waals surface area contributed by atoms with Crippen molar-refractivity contribution in [2.24, 2.45) is 0 Å². The molecule has 0 atom stereocenters. The van der Waals surface area contributed by atoms with E-state index >= 15 is 0 Å². The summed E-state index contributed by atoms with van der Waals surface area (Å²) in [6.07, 6.45) is 1.57. The summed E-state index contributed by atoms with van der Waals surface area (Å²) in [5, 5.41) is 10.2. The van der Waals surface area contributed by atoms with Crippen LogP contribution < -0.4 is 10.6 Å². The number of carbonyl (C=O) groups is 2. The first-order valence-corrected chi connectivity index (χ1v) is 10.8. The molecule has 2 amide bonds. The van der Waals surface area contributed by atoms with Crippen LogP contribution in [0.2, 0.25) is 0 Å². The number of hydrogen-bond acceptors (Lipinski definition) is 4. The summed E-state index contributed by atoms with van der Waals surface area (Å²) in [6.45, 7) is 5.23. The second-order valence-corrected chi connectivity index (χ2v) is 7.93. The van der Waals surface area contributed by atoms with Crippen LogP contribution in [-0.4, -0.2) is 21.6 Å². The Hall–Kier alpha value is -4.13. The van der Waals surface area contributed by atoms with E-state index in [0.29, 0.717) is 36.5 Å². The number of aryl methyl sites for hydroxylation is 2. The minimum Gasteiger partial charge on any atom is -0.467 e. The predicted octanol–water partition coefficient (Wildman–Crippen LogP) is 4.00. The zero-order valence-corrected chi connectivity index (χ0v) is 18.7. The van der Waals surface area contributed by atoms with Crippen LogP contribution in [0.1, 0.15) is 49.0 Å². The van der Waals surface area contributed by atoms with E-state index in [2.05, 4.69) is 15.7 Å². The number of nitrogens with one attached hydrogen (secondary N) is 2. The van der Waals surface area contributed by atoms with Crippen LogP contribution in [0.5, 0.6) is 0 Å². The van der Waals surface area contributed by atoms with Crippen molar-refractivity contribution in [2.75, 3.05) is 0 Å². The first-order chi connectivity index (χ1) is 16.0. The summed E-state index contributed by atoms with van der Waals surface area (Å²) >= 11 is 0. The molecule has 2 aromatic heterocycles. The van der Waals surface area contributed by atoms with Crippen LogP contribution >= 0.6 is 0 Å². The summed E-state index contributed by atoms with van der Waals surface area (Å²) in [6, 6.07) is 20.3. The number of carbonyl (C=O) groups excluding carboxylic acids is 2. The molecule has 2 aromatic carbocycles. The molecular weight excluding hydrogens is 416 g/mol. The first-order valence-electron chi connectivity index (χ1n) is 10.8. The second kappa shape index (κ2) is 9.99. The molecule has 33 heavy (non-hydrogen) atoms. The van der Waals surface area contributed by atoms with Gasteiger partial charge in [-0.3, -0.25) is 14.3 Å². The van der Waals surface area contributed by atoms with Crippen LogP contribution in [-0.2, 0) is 19.6 Å². The summed E-state index contributed by atoms with van der Waals surface area (Å²) in [4.78, 5) is 25.1. The van der Waals surface area contributed by atoms with Gasteiger partial charge in [-0.25, -0.2) is 0 Å². The molecule has 0 fully saturated rings. The molecular formula is C26H26N4O3. The Kier molecular flexibility index (Phi) is 6.69. The minimum atomic E-state index is -0.198. The van der Waals surface area contributed by atoms with Crippen LogP contribution in [0, 0.1) is 13.8 Å². The van der Waals surface area contributed by atoms with Gasteiger partial charge in [0.15, 0.2) is 0 Å². The van der Waals surface area contributed by atoms with Gasteiger partial charge in [0.1, 0.15) is 5.76 Å². The Labute approximate surface area is 192 Å². The summed E-state index contributed by atoms with van der Waals surface area (Å²) in [5.41, 5.74) is 5.01. The maximum absolute atomic E-state index is 12.7. The summed E-state index contributed by atoms with van der Waals surface area (Å²) in [7, 11) is 0. The highest BCUT2D eigenvalue weighted by Gasteiger charge is 2.10. The number of amides is 2. The van der Waals surface area contributed by atoms with Gasteiger partial charge < -0.3 is 15.1 Å². The average Bonchev–Trinajstić information content (AvgIpc) is 3.45. The molecule has 2 N–H and O–H groups in total. The zero-order valence-electron chi connectivity index (χ0n) is 18.7. The number of aromatic nitrogens is 2. The van der Waals surface area contributed by atoms with Crippen LogP contribution in [0.25, 0.3) is 0 Å². The molecule has 0 aliphatic rings. The third-order valence-corrected chi connectivity index (χ3v) is 5.27. The third kappa shape index (κ3) is 5.77. The average molecular weight is 443 g/mol. The fourth-order valence-electron chi connectivity index (χ4n) is 3.61. The molecule has 0 bridgehead atoms. The van der Waals surface area contributed by atoms with E-state index in [-0.39, 0.29) is 11.8 Å². The number of nitrogens with zero attached hydrogens (tertiary/aromatic N) is 2. The molecule has 168 valence electrons. The van der Waals surface area contributed by atoms with Gasteiger partial charge in [-0.2, -0.15) is 5.10 Å². The van der Waals surface area contributed by atoms with Gasteiger partial charge in [-0.05, 0) is 67.4 Å². The van der Waals surface area contributed by atoms with Gasteiger partial charge in [0.2, 0.25) is 0 Å². The predicted molar refractivity (Wildman–Crippen MR) is 125 cm³/mol. The van der Waals surface area contributed by atoms with E-state index in [4.69, 9.17) is 4.42 Å². The van der Waals surface area contributed by atoms with E-state index in [9.17, 15) is 9.59 Å². The lowest BCUT2D eigenvalue weighted by atomic mass is 10.1. The first kappa shape index (κ1) is 22.1.